The molecule has 8 heteroatoms. The zero-order valence-electron chi connectivity index (χ0n) is 14.3. The number of nitrogens with zero attached hydrogens (tertiary/aromatic N) is 3. The number of hydrogen-bond donors (Lipinski definition) is 1. The van der Waals surface area contributed by atoms with Gasteiger partial charge in [-0.1, -0.05) is 5.16 Å². The monoisotopic (exact) mass is 354 g/mol. The molecule has 0 saturated carbocycles. The van der Waals surface area contributed by atoms with E-state index in [2.05, 4.69) is 15.4 Å². The zero-order valence-corrected chi connectivity index (χ0v) is 14.3. The molecule has 134 valence electrons. The minimum Gasteiger partial charge on any atom is -0.459 e. The van der Waals surface area contributed by atoms with Crippen LogP contribution in [-0.4, -0.2) is 39.3 Å². The van der Waals surface area contributed by atoms with Crippen molar-refractivity contribution in [1.29, 1.82) is 0 Å². The minimum atomic E-state index is -0.289. The van der Waals surface area contributed by atoms with E-state index in [9.17, 15) is 9.59 Å². The number of H-pyrrole nitrogens is 1. The molecule has 1 N–H and O–H groups in total. The molecule has 1 fully saturated rings. The first kappa shape index (κ1) is 16.3. The van der Waals surface area contributed by atoms with Crippen LogP contribution in [0.1, 0.15) is 40.7 Å². The average molecular weight is 354 g/mol. The Morgan fingerprint density at radius 3 is 2.77 bits per heavy atom. The zero-order chi connectivity index (χ0) is 18.1. The van der Waals surface area contributed by atoms with Gasteiger partial charge in [0.25, 0.3) is 11.5 Å². The van der Waals surface area contributed by atoms with Gasteiger partial charge in [-0.05, 0) is 31.9 Å². The number of hydrogen-bond acceptors (Lipinski definition) is 6. The lowest BCUT2D eigenvalue weighted by atomic mass is 9.90. The molecular weight excluding hydrogens is 336 g/mol. The first-order chi connectivity index (χ1) is 12.6. The number of furan rings is 1. The number of carbonyl (C=O) groups is 1. The van der Waals surface area contributed by atoms with E-state index in [1.54, 1.807) is 23.1 Å². The molecule has 8 nitrogen and oxygen atoms in total. The Morgan fingerprint density at radius 1 is 1.31 bits per heavy atom. The van der Waals surface area contributed by atoms with Crippen LogP contribution < -0.4 is 5.56 Å². The van der Waals surface area contributed by atoms with Crippen LogP contribution in [0.5, 0.6) is 0 Å². The molecule has 3 aromatic rings. The number of rotatable bonds is 3. The number of aromatic amines is 1. The highest BCUT2D eigenvalue weighted by molar-refractivity contribution is 5.91. The van der Waals surface area contributed by atoms with Crippen molar-refractivity contribution in [2.24, 2.45) is 0 Å². The summed E-state index contributed by atoms with van der Waals surface area (Å²) >= 11 is 0. The predicted molar refractivity (Wildman–Crippen MR) is 91.7 cm³/mol. The van der Waals surface area contributed by atoms with Gasteiger partial charge >= 0.3 is 0 Å². The molecule has 0 bridgehead atoms. The second-order valence-electron chi connectivity index (χ2n) is 6.41. The van der Waals surface area contributed by atoms with Crippen molar-refractivity contribution in [3.05, 3.63) is 58.0 Å². The summed E-state index contributed by atoms with van der Waals surface area (Å²) in [5, 5.41) is 10.7. The fourth-order valence-electron chi connectivity index (χ4n) is 3.32. The van der Waals surface area contributed by atoms with Crippen molar-refractivity contribution in [2.75, 3.05) is 13.1 Å². The van der Waals surface area contributed by atoms with Gasteiger partial charge in [-0.2, -0.15) is 5.10 Å². The van der Waals surface area contributed by atoms with Crippen LogP contribution in [0.25, 0.3) is 11.3 Å². The Bertz CT molecular complexity index is 965. The fourth-order valence-corrected chi connectivity index (χ4v) is 3.32. The highest BCUT2D eigenvalue weighted by atomic mass is 16.5. The molecule has 3 aromatic heterocycles. The second-order valence-corrected chi connectivity index (χ2v) is 6.41. The van der Waals surface area contributed by atoms with E-state index in [-0.39, 0.29) is 17.4 Å². The Morgan fingerprint density at radius 2 is 2.12 bits per heavy atom. The first-order valence-electron chi connectivity index (χ1n) is 8.48. The smallest absolute Gasteiger partial charge is 0.289 e. The normalized spacial score (nSPS) is 15.3. The van der Waals surface area contributed by atoms with Crippen molar-refractivity contribution in [3.63, 3.8) is 0 Å². The molecule has 0 aliphatic carbocycles. The first-order valence-corrected chi connectivity index (χ1v) is 8.48. The summed E-state index contributed by atoms with van der Waals surface area (Å²) < 4.78 is 10.5. The molecule has 1 amide bonds. The Hall–Kier alpha value is -3.16. The maximum atomic E-state index is 12.4. The molecule has 26 heavy (non-hydrogen) atoms. The van der Waals surface area contributed by atoms with Gasteiger partial charge in [0.2, 0.25) is 0 Å². The Balaban J connectivity index is 1.55. The van der Waals surface area contributed by atoms with E-state index in [0.717, 1.165) is 24.2 Å². The highest BCUT2D eigenvalue weighted by Crippen LogP contribution is 2.33. The number of carbonyl (C=O) groups excluding carboxylic acids is 1. The van der Waals surface area contributed by atoms with Gasteiger partial charge in [-0.25, -0.2) is 5.10 Å². The molecule has 1 aliphatic rings. The summed E-state index contributed by atoms with van der Waals surface area (Å²) in [6.45, 7) is 3.02. The summed E-state index contributed by atoms with van der Waals surface area (Å²) in [4.78, 5) is 25.9. The maximum Gasteiger partial charge on any atom is 0.289 e. The lowest BCUT2D eigenvalue weighted by Gasteiger charge is -2.31. The SMILES string of the molecule is Cc1cc(-c2cc(=O)[nH]nc2C2CCN(C(=O)c3ccco3)CC2)on1. The van der Waals surface area contributed by atoms with E-state index in [1.807, 2.05) is 6.92 Å². The van der Waals surface area contributed by atoms with E-state index >= 15 is 0 Å². The molecule has 0 aromatic carbocycles. The van der Waals surface area contributed by atoms with E-state index in [0.29, 0.717) is 30.2 Å². The summed E-state index contributed by atoms with van der Waals surface area (Å²) in [7, 11) is 0. The van der Waals surface area contributed by atoms with Crippen LogP contribution >= 0.6 is 0 Å². The molecule has 1 aliphatic heterocycles. The van der Waals surface area contributed by atoms with E-state index in [4.69, 9.17) is 8.94 Å². The molecular formula is C18H18N4O4. The van der Waals surface area contributed by atoms with Gasteiger partial charge in [0, 0.05) is 36.7 Å². The van der Waals surface area contributed by atoms with Gasteiger partial charge in [-0.15, -0.1) is 0 Å². The molecule has 0 atom stereocenters. The average Bonchev–Trinajstić information content (AvgIpc) is 3.33. The third-order valence-corrected chi connectivity index (χ3v) is 4.63. The molecule has 1 saturated heterocycles. The number of aromatic nitrogens is 3. The van der Waals surface area contributed by atoms with Crippen LogP contribution in [0.4, 0.5) is 0 Å². The number of aryl methyl sites for hydroxylation is 1. The molecule has 4 rings (SSSR count). The molecule has 0 unspecified atom stereocenters. The summed E-state index contributed by atoms with van der Waals surface area (Å²) in [5.74, 6) is 0.899. The second kappa shape index (κ2) is 6.62. The van der Waals surface area contributed by atoms with Crippen LogP contribution in [0.15, 0.2) is 44.3 Å². The van der Waals surface area contributed by atoms with Crippen molar-refractivity contribution in [2.45, 2.75) is 25.7 Å². The quantitative estimate of drug-likeness (QED) is 0.774. The maximum absolute atomic E-state index is 12.4. The number of amides is 1. The van der Waals surface area contributed by atoms with Gasteiger partial charge < -0.3 is 13.8 Å². The van der Waals surface area contributed by atoms with Crippen LogP contribution in [-0.2, 0) is 0 Å². The van der Waals surface area contributed by atoms with E-state index in [1.165, 1.54) is 12.3 Å². The number of piperidine rings is 1. The van der Waals surface area contributed by atoms with Crippen LogP contribution in [0, 0.1) is 6.92 Å². The number of nitrogens with one attached hydrogen (secondary N) is 1. The topological polar surface area (TPSA) is 105 Å². The molecule has 0 radical (unpaired) electrons. The third kappa shape index (κ3) is 3.05. The summed E-state index contributed by atoms with van der Waals surface area (Å²) in [6, 6.07) is 6.65. The predicted octanol–water partition coefficient (Wildman–Crippen LogP) is 2.35. The lowest BCUT2D eigenvalue weighted by molar-refractivity contribution is 0.0680. The van der Waals surface area contributed by atoms with Crippen molar-refractivity contribution < 1.29 is 13.7 Å². The highest BCUT2D eigenvalue weighted by Gasteiger charge is 2.29. The molecule has 4 heterocycles. The van der Waals surface area contributed by atoms with Crippen LogP contribution in [0.3, 0.4) is 0 Å². The number of likely N-dealkylation sites (tertiary alicyclic amines) is 1. The summed E-state index contributed by atoms with van der Waals surface area (Å²) in [5.41, 5.74) is 1.88. The van der Waals surface area contributed by atoms with Gasteiger partial charge in [-0.3, -0.25) is 9.59 Å². The van der Waals surface area contributed by atoms with Crippen molar-refractivity contribution >= 4 is 5.91 Å². The van der Waals surface area contributed by atoms with Crippen molar-refractivity contribution in [1.82, 2.24) is 20.3 Å². The third-order valence-electron chi connectivity index (χ3n) is 4.63. The lowest BCUT2D eigenvalue weighted by Crippen LogP contribution is -2.38. The summed E-state index contributed by atoms with van der Waals surface area (Å²) in [6.07, 6.45) is 2.98. The standard InChI is InChI=1S/C18H18N4O4/c1-11-9-15(26-21-11)13-10-16(23)19-20-17(13)12-4-6-22(7-5-12)18(24)14-3-2-8-25-14/h2-3,8-10,12H,4-7H2,1H3,(H,19,23). The fraction of sp³-hybridized carbons (Fsp3) is 0.333. The molecule has 0 spiro atoms. The van der Waals surface area contributed by atoms with E-state index < -0.39 is 0 Å². The Kier molecular flexibility index (Phi) is 4.16. The Labute approximate surface area is 148 Å². The van der Waals surface area contributed by atoms with Gasteiger partial charge in [0.15, 0.2) is 11.5 Å². The minimum absolute atomic E-state index is 0.103. The van der Waals surface area contributed by atoms with Crippen molar-refractivity contribution in [3.8, 4) is 11.3 Å². The largest absolute Gasteiger partial charge is 0.459 e. The van der Waals surface area contributed by atoms with Crippen LogP contribution in [0.2, 0.25) is 0 Å². The van der Waals surface area contributed by atoms with Gasteiger partial charge in [0.05, 0.1) is 17.7 Å². The van der Waals surface area contributed by atoms with Gasteiger partial charge in [0.1, 0.15) is 0 Å².